The van der Waals surface area contributed by atoms with Gasteiger partial charge in [0.05, 0.1) is 13.2 Å². The maximum Gasteiger partial charge on any atom is 0.144 e. The van der Waals surface area contributed by atoms with Crippen LogP contribution < -0.4 is 4.74 Å². The Bertz CT molecular complexity index is 893. The van der Waals surface area contributed by atoms with Gasteiger partial charge >= 0.3 is 0 Å². The average Bonchev–Trinajstić information content (AvgIpc) is 3.31. The third kappa shape index (κ3) is 2.99. The molecule has 0 spiro atoms. The van der Waals surface area contributed by atoms with E-state index in [1.165, 1.54) is 0 Å². The Hall–Kier alpha value is -2.31. The first-order chi connectivity index (χ1) is 12.9. The zero-order chi connectivity index (χ0) is 17.3. The minimum Gasteiger partial charge on any atom is -0.490 e. The first-order valence-corrected chi connectivity index (χ1v) is 9.36. The maximum atomic E-state index is 6.30. The van der Waals surface area contributed by atoms with E-state index in [2.05, 4.69) is 33.2 Å². The molecule has 26 heavy (non-hydrogen) atoms. The van der Waals surface area contributed by atoms with Crippen molar-refractivity contribution in [3.63, 3.8) is 0 Å². The van der Waals surface area contributed by atoms with Crippen LogP contribution in [0.1, 0.15) is 29.9 Å². The minimum absolute atomic E-state index is 0.265. The Labute approximate surface area is 152 Å². The summed E-state index contributed by atoms with van der Waals surface area (Å²) in [5, 5.41) is 5.43. The van der Waals surface area contributed by atoms with E-state index in [-0.39, 0.29) is 6.10 Å². The summed E-state index contributed by atoms with van der Waals surface area (Å²) in [4.78, 5) is 5.67. The summed E-state index contributed by atoms with van der Waals surface area (Å²) < 4.78 is 17.3. The molecule has 1 saturated heterocycles. The van der Waals surface area contributed by atoms with Gasteiger partial charge in [-0.2, -0.15) is 0 Å². The van der Waals surface area contributed by atoms with Gasteiger partial charge in [0.2, 0.25) is 0 Å². The third-order valence-corrected chi connectivity index (χ3v) is 5.43. The van der Waals surface area contributed by atoms with Gasteiger partial charge in [-0.15, -0.1) is 0 Å². The van der Waals surface area contributed by atoms with Gasteiger partial charge in [0.15, 0.2) is 0 Å². The molecule has 6 heteroatoms. The fourth-order valence-corrected chi connectivity index (χ4v) is 3.94. The maximum absolute atomic E-state index is 6.30. The zero-order valence-corrected chi connectivity index (χ0v) is 14.7. The Balaban J connectivity index is 1.20. The lowest BCUT2D eigenvalue weighted by atomic mass is 10.1. The number of piperidine rings is 1. The van der Waals surface area contributed by atoms with Crippen molar-refractivity contribution in [2.45, 2.75) is 38.5 Å². The van der Waals surface area contributed by atoms with Crippen LogP contribution in [-0.2, 0) is 24.3 Å². The van der Waals surface area contributed by atoms with Gasteiger partial charge in [-0.3, -0.25) is 4.90 Å². The second-order valence-corrected chi connectivity index (χ2v) is 7.12. The molecule has 6 nitrogen and oxygen atoms in total. The number of likely N-dealkylation sites (tertiary alicyclic amines) is 1. The highest BCUT2D eigenvalue weighted by Gasteiger charge is 2.25. The van der Waals surface area contributed by atoms with Crippen molar-refractivity contribution in [2.24, 2.45) is 0 Å². The SMILES string of the molecule is c1cc(OC2CCN(Cc3noc4c3COCC4)CC2)c2cc[nH]c2c1. The van der Waals surface area contributed by atoms with Gasteiger partial charge in [-0.05, 0) is 31.0 Å². The van der Waals surface area contributed by atoms with Crippen LogP contribution in [0.4, 0.5) is 0 Å². The lowest BCUT2D eigenvalue weighted by Gasteiger charge is -2.32. The largest absolute Gasteiger partial charge is 0.490 e. The molecular weight excluding hydrogens is 330 g/mol. The quantitative estimate of drug-likeness (QED) is 0.780. The van der Waals surface area contributed by atoms with Gasteiger partial charge in [0.1, 0.15) is 23.3 Å². The van der Waals surface area contributed by atoms with Crippen LogP contribution in [0.5, 0.6) is 5.75 Å². The number of hydrogen-bond donors (Lipinski definition) is 1. The summed E-state index contributed by atoms with van der Waals surface area (Å²) in [5.41, 5.74) is 3.32. The van der Waals surface area contributed by atoms with E-state index in [1.807, 2.05) is 12.3 Å². The smallest absolute Gasteiger partial charge is 0.144 e. The number of nitrogens with zero attached hydrogens (tertiary/aromatic N) is 2. The van der Waals surface area contributed by atoms with Crippen molar-refractivity contribution in [2.75, 3.05) is 19.7 Å². The van der Waals surface area contributed by atoms with Gasteiger partial charge in [0.25, 0.3) is 0 Å². The fourth-order valence-electron chi connectivity index (χ4n) is 3.94. The number of rotatable bonds is 4. The summed E-state index contributed by atoms with van der Waals surface area (Å²) >= 11 is 0. The van der Waals surface area contributed by atoms with Crippen molar-refractivity contribution < 1.29 is 14.0 Å². The minimum atomic E-state index is 0.265. The second-order valence-electron chi connectivity index (χ2n) is 7.12. The number of aromatic amines is 1. The van der Waals surface area contributed by atoms with Crippen LogP contribution in [0.2, 0.25) is 0 Å². The number of hydrogen-bond acceptors (Lipinski definition) is 5. The molecule has 2 aromatic heterocycles. The number of nitrogens with one attached hydrogen (secondary N) is 1. The normalized spacial score (nSPS) is 18.9. The van der Waals surface area contributed by atoms with Crippen LogP contribution in [0.25, 0.3) is 10.9 Å². The van der Waals surface area contributed by atoms with Crippen molar-refractivity contribution >= 4 is 10.9 Å². The number of ether oxygens (including phenoxy) is 2. The van der Waals surface area contributed by atoms with E-state index >= 15 is 0 Å². The van der Waals surface area contributed by atoms with E-state index < -0.39 is 0 Å². The number of aromatic nitrogens is 2. The molecule has 3 aromatic rings. The highest BCUT2D eigenvalue weighted by atomic mass is 16.5. The Morgan fingerprint density at radius 3 is 3.08 bits per heavy atom. The first kappa shape index (κ1) is 15.9. The number of H-pyrrole nitrogens is 1. The van der Waals surface area contributed by atoms with Gasteiger partial charge in [0, 0.05) is 48.7 Å². The average molecular weight is 353 g/mol. The first-order valence-electron chi connectivity index (χ1n) is 9.36. The molecule has 0 amide bonds. The summed E-state index contributed by atoms with van der Waals surface area (Å²) in [5.74, 6) is 1.98. The van der Waals surface area contributed by atoms with Crippen molar-refractivity contribution in [3.05, 3.63) is 47.5 Å². The molecule has 2 aliphatic heterocycles. The van der Waals surface area contributed by atoms with Crippen LogP contribution >= 0.6 is 0 Å². The van der Waals surface area contributed by atoms with Crippen molar-refractivity contribution in [3.8, 4) is 5.75 Å². The van der Waals surface area contributed by atoms with Gasteiger partial charge in [-0.1, -0.05) is 11.2 Å². The summed E-state index contributed by atoms with van der Waals surface area (Å²) in [7, 11) is 0. The molecule has 0 radical (unpaired) electrons. The fraction of sp³-hybridized carbons (Fsp3) is 0.450. The zero-order valence-electron chi connectivity index (χ0n) is 14.7. The molecule has 2 aliphatic rings. The molecule has 0 saturated carbocycles. The van der Waals surface area contributed by atoms with Crippen LogP contribution in [-0.4, -0.2) is 40.8 Å². The van der Waals surface area contributed by atoms with Crippen LogP contribution in [0.3, 0.4) is 0 Å². The van der Waals surface area contributed by atoms with E-state index in [9.17, 15) is 0 Å². The van der Waals surface area contributed by atoms with E-state index in [0.29, 0.717) is 6.61 Å². The predicted octanol–water partition coefficient (Wildman–Crippen LogP) is 3.27. The van der Waals surface area contributed by atoms with Gasteiger partial charge in [-0.25, -0.2) is 0 Å². The monoisotopic (exact) mass is 353 g/mol. The molecule has 1 N–H and O–H groups in total. The number of benzene rings is 1. The predicted molar refractivity (Wildman–Crippen MR) is 97.1 cm³/mol. The Morgan fingerprint density at radius 1 is 1.23 bits per heavy atom. The van der Waals surface area contributed by atoms with E-state index in [0.717, 1.165) is 79.2 Å². The van der Waals surface area contributed by atoms with Crippen LogP contribution in [0, 0.1) is 0 Å². The topological polar surface area (TPSA) is 63.5 Å². The van der Waals surface area contributed by atoms with Crippen molar-refractivity contribution in [1.29, 1.82) is 0 Å². The molecule has 0 atom stereocenters. The standard InChI is InChI=1S/C20H23N3O3/c1-2-17-15(4-8-21-17)19(3-1)25-14-5-9-23(10-6-14)12-18-16-13-24-11-7-20(16)26-22-18/h1-4,8,14,21H,5-7,9-13H2. The lowest BCUT2D eigenvalue weighted by molar-refractivity contribution is 0.0935. The summed E-state index contributed by atoms with van der Waals surface area (Å²) in [6.07, 6.45) is 5.11. The molecule has 0 unspecified atom stereocenters. The van der Waals surface area contributed by atoms with E-state index in [1.54, 1.807) is 0 Å². The van der Waals surface area contributed by atoms with Crippen LogP contribution in [0.15, 0.2) is 35.0 Å². The Morgan fingerprint density at radius 2 is 2.15 bits per heavy atom. The summed E-state index contributed by atoms with van der Waals surface area (Å²) in [6, 6.07) is 8.26. The van der Waals surface area contributed by atoms with Gasteiger partial charge < -0.3 is 19.0 Å². The molecular formula is C20H23N3O3. The Kier molecular flexibility index (Phi) is 4.15. The highest BCUT2D eigenvalue weighted by Crippen LogP contribution is 2.28. The molecule has 0 aliphatic carbocycles. The molecule has 136 valence electrons. The highest BCUT2D eigenvalue weighted by molar-refractivity contribution is 5.85. The number of fused-ring (bicyclic) bond motifs is 2. The lowest BCUT2D eigenvalue weighted by Crippen LogP contribution is -2.38. The molecule has 0 bridgehead atoms. The molecule has 1 aromatic carbocycles. The second kappa shape index (κ2) is 6.78. The summed E-state index contributed by atoms with van der Waals surface area (Å²) in [6.45, 7) is 4.22. The third-order valence-electron chi connectivity index (χ3n) is 5.43. The molecule has 4 heterocycles. The molecule has 5 rings (SSSR count). The van der Waals surface area contributed by atoms with Crippen molar-refractivity contribution in [1.82, 2.24) is 15.0 Å². The van der Waals surface area contributed by atoms with E-state index in [4.69, 9.17) is 14.0 Å². The molecule has 1 fully saturated rings.